The molecule has 3 N–H and O–H groups in total. The summed E-state index contributed by atoms with van der Waals surface area (Å²) >= 11 is 0. The van der Waals surface area contributed by atoms with Crippen LogP contribution < -0.4 is 10.6 Å². The van der Waals surface area contributed by atoms with Gasteiger partial charge in [0, 0.05) is 24.1 Å². The van der Waals surface area contributed by atoms with Crippen LogP contribution in [-0.2, 0) is 0 Å². The second-order valence-corrected chi connectivity index (χ2v) is 3.97. The molecule has 0 fully saturated rings. The number of carbonyl (C=O) groups is 1. The third kappa shape index (κ3) is 2.27. The van der Waals surface area contributed by atoms with Crippen LogP contribution >= 0.6 is 0 Å². The second kappa shape index (κ2) is 4.79. The van der Waals surface area contributed by atoms with E-state index in [1.165, 1.54) is 6.07 Å². The van der Waals surface area contributed by atoms with Gasteiger partial charge in [0.25, 0.3) is 0 Å². The van der Waals surface area contributed by atoms with Gasteiger partial charge in [-0.25, -0.2) is 4.79 Å². The van der Waals surface area contributed by atoms with E-state index < -0.39 is 5.97 Å². The Morgan fingerprint density at radius 2 is 1.78 bits per heavy atom. The first-order chi connectivity index (χ1) is 8.59. The van der Waals surface area contributed by atoms with Crippen LogP contribution in [0, 0.1) is 0 Å². The molecule has 0 bridgehead atoms. The number of para-hydroxylation sites is 1. The number of rotatable bonds is 3. The molecule has 18 heavy (non-hydrogen) atoms. The van der Waals surface area contributed by atoms with Gasteiger partial charge >= 0.3 is 5.97 Å². The smallest absolute Gasteiger partial charge is 0.337 e. The van der Waals surface area contributed by atoms with Gasteiger partial charge in [0.15, 0.2) is 0 Å². The fourth-order valence-electron chi connectivity index (χ4n) is 1.75. The molecule has 0 atom stereocenters. The maximum absolute atomic E-state index is 10.9. The zero-order chi connectivity index (χ0) is 13.1. The fourth-order valence-corrected chi connectivity index (χ4v) is 1.75. The quantitative estimate of drug-likeness (QED) is 0.812. The van der Waals surface area contributed by atoms with E-state index >= 15 is 0 Å². The maximum atomic E-state index is 10.9. The predicted molar refractivity (Wildman–Crippen MR) is 72.3 cm³/mol. The highest BCUT2D eigenvalue weighted by atomic mass is 16.4. The zero-order valence-corrected chi connectivity index (χ0v) is 10.00. The Morgan fingerprint density at radius 1 is 1.11 bits per heavy atom. The maximum Gasteiger partial charge on any atom is 0.337 e. The summed E-state index contributed by atoms with van der Waals surface area (Å²) in [7, 11) is 1.91. The van der Waals surface area contributed by atoms with Gasteiger partial charge in [0.1, 0.15) is 0 Å². The SMILES string of the molecule is CN(c1ccccc1)c1ccc(C(=O)O)c(N)c1. The molecule has 0 aromatic heterocycles. The van der Waals surface area contributed by atoms with Crippen LogP contribution in [0.5, 0.6) is 0 Å². The summed E-state index contributed by atoms with van der Waals surface area (Å²) < 4.78 is 0. The Morgan fingerprint density at radius 3 is 2.33 bits per heavy atom. The number of benzene rings is 2. The third-order valence-electron chi connectivity index (χ3n) is 2.80. The molecular weight excluding hydrogens is 228 g/mol. The van der Waals surface area contributed by atoms with Gasteiger partial charge in [-0.2, -0.15) is 0 Å². The van der Waals surface area contributed by atoms with Crippen LogP contribution in [-0.4, -0.2) is 18.1 Å². The van der Waals surface area contributed by atoms with E-state index in [9.17, 15) is 4.79 Å². The summed E-state index contributed by atoms with van der Waals surface area (Å²) in [5.74, 6) is -1.01. The Hall–Kier alpha value is -2.49. The van der Waals surface area contributed by atoms with Crippen LogP contribution in [0.1, 0.15) is 10.4 Å². The first-order valence-corrected chi connectivity index (χ1v) is 5.51. The van der Waals surface area contributed by atoms with E-state index in [-0.39, 0.29) is 11.3 Å². The standard InChI is InChI=1S/C14H14N2O2/c1-16(10-5-3-2-4-6-10)11-7-8-12(14(17)18)13(15)9-11/h2-9H,15H2,1H3,(H,17,18). The lowest BCUT2D eigenvalue weighted by Crippen LogP contribution is -2.11. The normalized spacial score (nSPS) is 10.1. The average Bonchev–Trinajstić information content (AvgIpc) is 2.38. The number of carboxylic acid groups (broad SMARTS) is 1. The Balaban J connectivity index is 2.35. The van der Waals surface area contributed by atoms with Crippen molar-refractivity contribution in [3.05, 3.63) is 54.1 Å². The zero-order valence-electron chi connectivity index (χ0n) is 10.00. The third-order valence-corrected chi connectivity index (χ3v) is 2.80. The fraction of sp³-hybridized carbons (Fsp3) is 0.0714. The monoisotopic (exact) mass is 242 g/mol. The number of anilines is 3. The molecule has 0 aliphatic heterocycles. The molecule has 0 saturated carbocycles. The summed E-state index contributed by atoms with van der Waals surface area (Å²) in [5, 5.41) is 8.92. The number of nitrogens with two attached hydrogens (primary N) is 1. The van der Waals surface area contributed by atoms with Crippen molar-refractivity contribution in [1.82, 2.24) is 0 Å². The minimum atomic E-state index is -1.01. The van der Waals surface area contributed by atoms with E-state index in [4.69, 9.17) is 10.8 Å². The minimum absolute atomic E-state index is 0.125. The number of carboxylic acids is 1. The van der Waals surface area contributed by atoms with Gasteiger partial charge in [0.2, 0.25) is 0 Å². The highest BCUT2D eigenvalue weighted by molar-refractivity contribution is 5.94. The number of nitrogen functional groups attached to an aromatic ring is 1. The lowest BCUT2D eigenvalue weighted by molar-refractivity contribution is 0.0698. The highest BCUT2D eigenvalue weighted by Gasteiger charge is 2.10. The number of hydrogen-bond acceptors (Lipinski definition) is 3. The molecule has 4 nitrogen and oxygen atoms in total. The number of hydrogen-bond donors (Lipinski definition) is 2. The van der Waals surface area contributed by atoms with Gasteiger partial charge in [-0.3, -0.25) is 0 Å². The Bertz CT molecular complexity index is 567. The summed E-state index contributed by atoms with van der Waals surface area (Å²) in [6.45, 7) is 0. The molecule has 2 aromatic rings. The molecule has 0 amide bonds. The van der Waals surface area contributed by atoms with Gasteiger partial charge < -0.3 is 15.7 Å². The first kappa shape index (κ1) is 12.0. The van der Waals surface area contributed by atoms with E-state index in [0.29, 0.717) is 0 Å². The van der Waals surface area contributed by atoms with Crippen molar-refractivity contribution >= 4 is 23.0 Å². The topological polar surface area (TPSA) is 66.6 Å². The highest BCUT2D eigenvalue weighted by Crippen LogP contribution is 2.26. The van der Waals surface area contributed by atoms with Gasteiger partial charge in [-0.1, -0.05) is 18.2 Å². The lowest BCUT2D eigenvalue weighted by atomic mass is 10.1. The molecule has 0 aliphatic carbocycles. The molecule has 2 rings (SSSR count). The molecule has 0 radical (unpaired) electrons. The van der Waals surface area contributed by atoms with Gasteiger partial charge in [0.05, 0.1) is 5.56 Å². The van der Waals surface area contributed by atoms with Crippen LogP contribution in [0.4, 0.5) is 17.1 Å². The summed E-state index contributed by atoms with van der Waals surface area (Å²) in [5.41, 5.74) is 7.99. The van der Waals surface area contributed by atoms with Crippen molar-refractivity contribution in [2.75, 3.05) is 17.7 Å². The molecule has 0 aliphatic rings. The Kier molecular flexibility index (Phi) is 3.19. The van der Waals surface area contributed by atoms with Crippen LogP contribution in [0.2, 0.25) is 0 Å². The van der Waals surface area contributed by atoms with Gasteiger partial charge in [-0.15, -0.1) is 0 Å². The van der Waals surface area contributed by atoms with Crippen molar-refractivity contribution in [3.63, 3.8) is 0 Å². The average molecular weight is 242 g/mol. The second-order valence-electron chi connectivity index (χ2n) is 3.97. The van der Waals surface area contributed by atoms with Crippen LogP contribution in [0.25, 0.3) is 0 Å². The van der Waals surface area contributed by atoms with E-state index in [0.717, 1.165) is 11.4 Å². The molecular formula is C14H14N2O2. The molecule has 4 heteroatoms. The largest absolute Gasteiger partial charge is 0.478 e. The van der Waals surface area contributed by atoms with E-state index in [1.807, 2.05) is 42.3 Å². The van der Waals surface area contributed by atoms with Crippen molar-refractivity contribution in [2.45, 2.75) is 0 Å². The van der Waals surface area contributed by atoms with Gasteiger partial charge in [-0.05, 0) is 30.3 Å². The summed E-state index contributed by atoms with van der Waals surface area (Å²) in [4.78, 5) is 12.8. The summed E-state index contributed by atoms with van der Waals surface area (Å²) in [6, 6.07) is 14.7. The summed E-state index contributed by atoms with van der Waals surface area (Å²) in [6.07, 6.45) is 0. The minimum Gasteiger partial charge on any atom is -0.478 e. The first-order valence-electron chi connectivity index (χ1n) is 5.51. The molecule has 0 saturated heterocycles. The molecule has 92 valence electrons. The van der Waals surface area contributed by atoms with Crippen molar-refractivity contribution in [3.8, 4) is 0 Å². The lowest BCUT2D eigenvalue weighted by Gasteiger charge is -2.20. The van der Waals surface area contributed by atoms with Crippen LogP contribution in [0.3, 0.4) is 0 Å². The number of nitrogens with zero attached hydrogens (tertiary/aromatic N) is 1. The van der Waals surface area contributed by atoms with Crippen LogP contribution in [0.15, 0.2) is 48.5 Å². The molecule has 2 aromatic carbocycles. The van der Waals surface area contributed by atoms with E-state index in [2.05, 4.69) is 0 Å². The molecule has 0 spiro atoms. The number of aromatic carboxylic acids is 1. The van der Waals surface area contributed by atoms with Crippen molar-refractivity contribution < 1.29 is 9.90 Å². The Labute approximate surface area is 105 Å². The van der Waals surface area contributed by atoms with Crippen molar-refractivity contribution in [2.24, 2.45) is 0 Å². The molecule has 0 unspecified atom stereocenters. The predicted octanol–water partition coefficient (Wildman–Crippen LogP) is 2.73. The van der Waals surface area contributed by atoms with Crippen molar-refractivity contribution in [1.29, 1.82) is 0 Å². The van der Waals surface area contributed by atoms with E-state index in [1.54, 1.807) is 12.1 Å². The molecule has 0 heterocycles.